The molecule has 0 saturated carbocycles. The van der Waals surface area contributed by atoms with Crippen molar-refractivity contribution in [2.75, 3.05) is 25.0 Å². The highest BCUT2D eigenvalue weighted by molar-refractivity contribution is 9.09. The second kappa shape index (κ2) is 8.52. The van der Waals surface area contributed by atoms with Crippen molar-refractivity contribution in [1.82, 2.24) is 4.90 Å². The third-order valence-corrected chi connectivity index (χ3v) is 4.40. The molecule has 1 rings (SSSR count). The SMILES string of the molecule is CCCC1CCN(CCC(C)CCBr)CC1. The van der Waals surface area contributed by atoms with Gasteiger partial charge in [0.25, 0.3) is 0 Å². The van der Waals surface area contributed by atoms with Crippen molar-refractivity contribution in [2.45, 2.75) is 52.4 Å². The third-order valence-electron chi connectivity index (χ3n) is 3.94. The zero-order valence-corrected chi connectivity index (χ0v) is 12.6. The summed E-state index contributed by atoms with van der Waals surface area (Å²) >= 11 is 3.53. The first-order chi connectivity index (χ1) is 7.76. The lowest BCUT2D eigenvalue weighted by atomic mass is 9.92. The lowest BCUT2D eigenvalue weighted by Gasteiger charge is -2.32. The largest absolute Gasteiger partial charge is 0.303 e. The molecule has 1 unspecified atom stereocenters. The highest BCUT2D eigenvalue weighted by Gasteiger charge is 2.18. The summed E-state index contributed by atoms with van der Waals surface area (Å²) in [6, 6.07) is 0. The maximum atomic E-state index is 3.53. The zero-order chi connectivity index (χ0) is 11.8. The molecule has 16 heavy (non-hydrogen) atoms. The van der Waals surface area contributed by atoms with E-state index >= 15 is 0 Å². The van der Waals surface area contributed by atoms with Crippen molar-refractivity contribution < 1.29 is 0 Å². The van der Waals surface area contributed by atoms with Gasteiger partial charge in [-0.15, -0.1) is 0 Å². The number of nitrogens with zero attached hydrogens (tertiary/aromatic N) is 1. The van der Waals surface area contributed by atoms with E-state index in [0.29, 0.717) is 0 Å². The number of hydrogen-bond acceptors (Lipinski definition) is 1. The van der Waals surface area contributed by atoms with Gasteiger partial charge in [0.1, 0.15) is 0 Å². The average Bonchev–Trinajstić information content (AvgIpc) is 2.29. The monoisotopic (exact) mass is 289 g/mol. The first kappa shape index (κ1) is 14.5. The second-order valence-corrected chi connectivity index (χ2v) is 6.24. The van der Waals surface area contributed by atoms with Gasteiger partial charge >= 0.3 is 0 Å². The number of likely N-dealkylation sites (tertiary alicyclic amines) is 1. The highest BCUT2D eigenvalue weighted by Crippen LogP contribution is 2.22. The van der Waals surface area contributed by atoms with E-state index in [1.54, 1.807) is 0 Å². The van der Waals surface area contributed by atoms with Crippen molar-refractivity contribution in [3.63, 3.8) is 0 Å². The van der Waals surface area contributed by atoms with Gasteiger partial charge in [0.15, 0.2) is 0 Å². The van der Waals surface area contributed by atoms with Crippen LogP contribution in [0.5, 0.6) is 0 Å². The van der Waals surface area contributed by atoms with Gasteiger partial charge in [-0.25, -0.2) is 0 Å². The summed E-state index contributed by atoms with van der Waals surface area (Å²) in [6.45, 7) is 8.73. The average molecular weight is 290 g/mol. The maximum absolute atomic E-state index is 3.53. The Kier molecular flexibility index (Phi) is 7.72. The number of hydrogen-bond donors (Lipinski definition) is 0. The van der Waals surface area contributed by atoms with Crippen LogP contribution in [0.3, 0.4) is 0 Å². The topological polar surface area (TPSA) is 3.24 Å². The molecule has 1 aliphatic rings. The van der Waals surface area contributed by atoms with Gasteiger partial charge in [-0.3, -0.25) is 0 Å². The van der Waals surface area contributed by atoms with Crippen LogP contribution in [0.4, 0.5) is 0 Å². The molecule has 0 aliphatic carbocycles. The van der Waals surface area contributed by atoms with E-state index in [1.807, 2.05) is 0 Å². The van der Waals surface area contributed by atoms with Crippen LogP contribution in [-0.4, -0.2) is 29.9 Å². The van der Waals surface area contributed by atoms with E-state index in [1.165, 1.54) is 58.2 Å². The fourth-order valence-electron chi connectivity index (χ4n) is 2.64. The maximum Gasteiger partial charge on any atom is 0.00338 e. The molecular formula is C14H28BrN. The molecule has 0 radical (unpaired) electrons. The molecule has 1 heterocycles. The zero-order valence-electron chi connectivity index (χ0n) is 11.1. The summed E-state index contributed by atoms with van der Waals surface area (Å²) in [5, 5.41) is 1.16. The summed E-state index contributed by atoms with van der Waals surface area (Å²) in [4.78, 5) is 2.68. The molecule has 0 aromatic heterocycles. The Hall–Kier alpha value is 0.440. The van der Waals surface area contributed by atoms with Crippen molar-refractivity contribution in [3.8, 4) is 0 Å². The van der Waals surface area contributed by atoms with Crippen molar-refractivity contribution in [2.24, 2.45) is 11.8 Å². The molecule has 1 aliphatic heterocycles. The number of halogens is 1. The molecule has 96 valence electrons. The summed E-state index contributed by atoms with van der Waals surface area (Å²) in [6.07, 6.45) is 8.42. The van der Waals surface area contributed by atoms with Gasteiger partial charge in [-0.1, -0.05) is 42.6 Å². The molecule has 1 atom stereocenters. The first-order valence-electron chi connectivity index (χ1n) is 7.04. The van der Waals surface area contributed by atoms with Crippen LogP contribution in [0.1, 0.15) is 52.4 Å². The Morgan fingerprint density at radius 1 is 1.25 bits per heavy atom. The molecule has 0 amide bonds. The van der Waals surface area contributed by atoms with Crippen LogP contribution in [0.15, 0.2) is 0 Å². The summed E-state index contributed by atoms with van der Waals surface area (Å²) in [5.74, 6) is 1.91. The first-order valence-corrected chi connectivity index (χ1v) is 8.16. The van der Waals surface area contributed by atoms with Gasteiger partial charge in [0, 0.05) is 5.33 Å². The molecule has 0 aromatic rings. The lowest BCUT2D eigenvalue weighted by Crippen LogP contribution is -2.34. The Labute approximate surface area is 110 Å². The fraction of sp³-hybridized carbons (Fsp3) is 1.00. The summed E-state index contributed by atoms with van der Waals surface area (Å²) < 4.78 is 0. The molecule has 0 N–H and O–H groups in total. The molecule has 0 bridgehead atoms. The minimum atomic E-state index is 0.882. The quantitative estimate of drug-likeness (QED) is 0.632. The standard InChI is InChI=1S/C14H28BrN/c1-3-4-14-7-11-16(12-8-14)10-6-13(2)5-9-15/h13-14H,3-12H2,1-2H3. The van der Waals surface area contributed by atoms with Crippen LogP contribution < -0.4 is 0 Å². The molecule has 0 spiro atoms. The Morgan fingerprint density at radius 3 is 2.50 bits per heavy atom. The minimum Gasteiger partial charge on any atom is -0.303 e. The Bertz CT molecular complexity index is 164. The van der Waals surface area contributed by atoms with Crippen molar-refractivity contribution in [3.05, 3.63) is 0 Å². The van der Waals surface area contributed by atoms with Crippen LogP contribution in [0, 0.1) is 11.8 Å². The summed E-state index contributed by atoms with van der Waals surface area (Å²) in [7, 11) is 0. The second-order valence-electron chi connectivity index (χ2n) is 5.45. The molecule has 0 aromatic carbocycles. The molecule has 1 nitrogen and oxygen atoms in total. The normalized spacial score (nSPS) is 21.2. The predicted octanol–water partition coefficient (Wildman–Crippen LogP) is 4.31. The van der Waals surface area contributed by atoms with Gasteiger partial charge in [0.2, 0.25) is 0 Å². The smallest absolute Gasteiger partial charge is 0.00338 e. The highest BCUT2D eigenvalue weighted by atomic mass is 79.9. The number of rotatable bonds is 7. The van der Waals surface area contributed by atoms with E-state index in [9.17, 15) is 0 Å². The lowest BCUT2D eigenvalue weighted by molar-refractivity contribution is 0.170. The van der Waals surface area contributed by atoms with E-state index < -0.39 is 0 Å². The van der Waals surface area contributed by atoms with Crippen LogP contribution in [0.25, 0.3) is 0 Å². The van der Waals surface area contributed by atoms with E-state index in [2.05, 4.69) is 34.7 Å². The third kappa shape index (κ3) is 5.67. The molecule has 1 saturated heterocycles. The molecule has 2 heteroatoms. The number of alkyl halides is 1. The molecular weight excluding hydrogens is 262 g/mol. The van der Waals surface area contributed by atoms with Crippen LogP contribution in [-0.2, 0) is 0 Å². The van der Waals surface area contributed by atoms with Crippen molar-refractivity contribution in [1.29, 1.82) is 0 Å². The Morgan fingerprint density at radius 2 is 1.94 bits per heavy atom. The fourth-order valence-corrected chi connectivity index (χ4v) is 3.42. The Balaban J connectivity index is 2.07. The van der Waals surface area contributed by atoms with Crippen molar-refractivity contribution >= 4 is 15.9 Å². The minimum absolute atomic E-state index is 0.882. The summed E-state index contributed by atoms with van der Waals surface area (Å²) in [5.41, 5.74) is 0. The van der Waals surface area contributed by atoms with Crippen LogP contribution >= 0.6 is 15.9 Å². The van der Waals surface area contributed by atoms with Gasteiger partial charge < -0.3 is 4.90 Å². The van der Waals surface area contributed by atoms with E-state index in [0.717, 1.165) is 17.2 Å². The van der Waals surface area contributed by atoms with Crippen LogP contribution in [0.2, 0.25) is 0 Å². The van der Waals surface area contributed by atoms with E-state index in [-0.39, 0.29) is 0 Å². The van der Waals surface area contributed by atoms with Gasteiger partial charge in [-0.2, -0.15) is 0 Å². The molecule has 1 fully saturated rings. The van der Waals surface area contributed by atoms with Gasteiger partial charge in [0.05, 0.1) is 0 Å². The van der Waals surface area contributed by atoms with Gasteiger partial charge in [-0.05, 0) is 57.2 Å². The predicted molar refractivity (Wildman–Crippen MR) is 76.3 cm³/mol. The van der Waals surface area contributed by atoms with E-state index in [4.69, 9.17) is 0 Å². The number of piperidine rings is 1.